The Bertz CT molecular complexity index is 2080. The Labute approximate surface area is 597 Å². The number of phosphoric ester groups is 2. The van der Waals surface area contributed by atoms with E-state index in [0.29, 0.717) is 25.7 Å². The van der Waals surface area contributed by atoms with Crippen LogP contribution in [0.15, 0.2) is 48.6 Å². The van der Waals surface area contributed by atoms with E-state index in [1.807, 2.05) is 0 Å². The van der Waals surface area contributed by atoms with Gasteiger partial charge in [-0.25, -0.2) is 9.13 Å². The van der Waals surface area contributed by atoms with Crippen LogP contribution in [0.5, 0.6) is 0 Å². The van der Waals surface area contributed by atoms with Gasteiger partial charge in [-0.15, -0.1) is 0 Å². The fourth-order valence-corrected chi connectivity index (χ4v) is 12.6. The predicted octanol–water partition coefficient (Wildman–Crippen LogP) is 22.6. The summed E-state index contributed by atoms with van der Waals surface area (Å²) in [5.41, 5.74) is 0. The normalized spacial score (nSPS) is 14.6. The molecule has 98 heavy (non-hydrogen) atoms. The van der Waals surface area contributed by atoms with Gasteiger partial charge >= 0.3 is 39.5 Å². The molecule has 0 heterocycles. The van der Waals surface area contributed by atoms with Crippen molar-refractivity contribution in [1.29, 1.82) is 0 Å². The van der Waals surface area contributed by atoms with E-state index < -0.39 is 97.5 Å². The monoisotopic (exact) mass is 1430 g/mol. The number of unbranched alkanes of at least 4 members (excludes halogenated alkanes) is 37. The Morgan fingerprint density at radius 1 is 0.337 bits per heavy atom. The summed E-state index contributed by atoms with van der Waals surface area (Å²) in [6.07, 6.45) is 64.0. The number of hydrogen-bond donors (Lipinski definition) is 3. The number of rotatable bonds is 74. The van der Waals surface area contributed by atoms with Crippen LogP contribution in [0.1, 0.15) is 363 Å². The molecule has 0 aromatic heterocycles. The summed E-state index contributed by atoms with van der Waals surface area (Å²) in [7, 11) is -9.94. The number of phosphoric acid groups is 2. The molecule has 3 N–H and O–H groups in total. The first-order valence-corrected chi connectivity index (χ1v) is 42.7. The second-order valence-electron chi connectivity index (χ2n) is 27.8. The zero-order valence-corrected chi connectivity index (χ0v) is 64.8. The molecule has 0 saturated carbocycles. The quantitative estimate of drug-likeness (QED) is 0.0169. The maximum atomic E-state index is 13.1. The lowest BCUT2D eigenvalue weighted by Crippen LogP contribution is -2.30. The van der Waals surface area contributed by atoms with Crippen LogP contribution in [0.4, 0.5) is 0 Å². The number of carbonyl (C=O) groups is 4. The van der Waals surface area contributed by atoms with Gasteiger partial charge in [0.2, 0.25) is 0 Å². The van der Waals surface area contributed by atoms with Crippen LogP contribution in [0.3, 0.4) is 0 Å². The highest BCUT2D eigenvalue weighted by Crippen LogP contribution is 2.45. The number of ether oxygens (including phenoxy) is 4. The number of esters is 4. The van der Waals surface area contributed by atoms with Crippen LogP contribution < -0.4 is 0 Å². The van der Waals surface area contributed by atoms with E-state index in [1.54, 1.807) is 0 Å². The first kappa shape index (κ1) is 95.0. The highest BCUT2D eigenvalue weighted by molar-refractivity contribution is 7.47. The maximum absolute atomic E-state index is 13.1. The second kappa shape index (κ2) is 69.7. The molecule has 0 fully saturated rings. The molecule has 0 bridgehead atoms. The van der Waals surface area contributed by atoms with E-state index in [0.717, 1.165) is 140 Å². The fraction of sp³-hybridized carbons (Fsp3) is 0.848. The lowest BCUT2D eigenvalue weighted by Gasteiger charge is -2.21. The van der Waals surface area contributed by atoms with Crippen molar-refractivity contribution in [3.05, 3.63) is 48.6 Å². The van der Waals surface area contributed by atoms with Crippen LogP contribution in [0, 0.1) is 11.8 Å². The molecular formula is C79H146O17P2. The van der Waals surface area contributed by atoms with Gasteiger partial charge < -0.3 is 33.8 Å². The van der Waals surface area contributed by atoms with Gasteiger partial charge in [-0.05, 0) is 88.9 Å². The molecule has 0 amide bonds. The zero-order valence-electron chi connectivity index (χ0n) is 63.1. The van der Waals surface area contributed by atoms with Gasteiger partial charge in [-0.3, -0.25) is 37.3 Å². The molecule has 6 atom stereocenters. The summed E-state index contributed by atoms with van der Waals surface area (Å²) in [5, 5.41) is 10.6. The predicted molar refractivity (Wildman–Crippen MR) is 400 cm³/mol. The van der Waals surface area contributed by atoms with Crippen LogP contribution in [0.2, 0.25) is 0 Å². The smallest absolute Gasteiger partial charge is 0.462 e. The summed E-state index contributed by atoms with van der Waals surface area (Å²) in [5.74, 6) is -0.649. The molecule has 19 heteroatoms. The first-order valence-electron chi connectivity index (χ1n) is 39.7. The highest BCUT2D eigenvalue weighted by atomic mass is 31.2. The standard InChI is InChI=1S/C79H146O17P2/c1-7-10-12-14-16-18-20-22-25-30-34-38-42-49-55-61-76(81)89-67-74(95-78(83)63-58-52-44-40-36-32-28-24-27-29-33-37-41-47-53-59-71(4)5)69-93-97(85,86)91-65-73(80)66-92-98(87,88)94-70-75(68-90-77(82)62-56-50-46-45-48-54-60-72(6)9-3)96-79(84)64-57-51-43-39-35-31-26-23-21-19-17-15-13-11-8-2/h18-23,25-26,71-75,80H,7-17,24,27-70H2,1-6H3,(H,85,86)(H,87,88)/b20-18-,21-19-,25-22-,26-23-/t72?,73-,74-,75-/m1/s1. The van der Waals surface area contributed by atoms with Crippen LogP contribution in [-0.2, 0) is 65.4 Å². The fourth-order valence-electron chi connectivity index (χ4n) is 11.1. The van der Waals surface area contributed by atoms with Gasteiger partial charge in [0.1, 0.15) is 19.3 Å². The maximum Gasteiger partial charge on any atom is 0.472 e. The molecule has 0 saturated heterocycles. The van der Waals surface area contributed by atoms with Crippen molar-refractivity contribution in [2.24, 2.45) is 11.8 Å². The van der Waals surface area contributed by atoms with E-state index in [4.69, 9.17) is 37.0 Å². The van der Waals surface area contributed by atoms with Crippen LogP contribution >= 0.6 is 15.6 Å². The molecular weight excluding hydrogens is 1280 g/mol. The van der Waals surface area contributed by atoms with Gasteiger partial charge in [0, 0.05) is 25.7 Å². The molecule has 17 nitrogen and oxygen atoms in total. The molecule has 0 aliphatic rings. The molecule has 0 spiro atoms. The average Bonchev–Trinajstić information content (AvgIpc) is 0.969. The van der Waals surface area contributed by atoms with Gasteiger partial charge in [0.15, 0.2) is 12.2 Å². The summed E-state index contributed by atoms with van der Waals surface area (Å²) in [4.78, 5) is 72.9. The van der Waals surface area contributed by atoms with E-state index in [-0.39, 0.29) is 25.7 Å². The van der Waals surface area contributed by atoms with Crippen molar-refractivity contribution in [2.75, 3.05) is 39.6 Å². The molecule has 0 aromatic carbocycles. The molecule has 0 aliphatic heterocycles. The Balaban J connectivity index is 5.32. The topological polar surface area (TPSA) is 237 Å². The zero-order chi connectivity index (χ0) is 72.1. The lowest BCUT2D eigenvalue weighted by molar-refractivity contribution is -0.161. The number of aliphatic hydroxyl groups is 1. The molecule has 0 rings (SSSR count). The number of aliphatic hydroxyl groups excluding tert-OH is 1. The number of allylic oxidation sites excluding steroid dienone is 8. The van der Waals surface area contributed by atoms with Gasteiger partial charge in [0.25, 0.3) is 0 Å². The third-order valence-electron chi connectivity index (χ3n) is 17.6. The number of carbonyl (C=O) groups excluding carboxylic acids is 4. The minimum atomic E-state index is -4.97. The Morgan fingerprint density at radius 3 is 0.908 bits per heavy atom. The largest absolute Gasteiger partial charge is 0.472 e. The van der Waals surface area contributed by atoms with Crippen LogP contribution in [0.25, 0.3) is 0 Å². The van der Waals surface area contributed by atoms with Crippen molar-refractivity contribution in [1.82, 2.24) is 0 Å². The molecule has 574 valence electrons. The Kier molecular flexibility index (Phi) is 67.6. The summed E-state index contributed by atoms with van der Waals surface area (Å²) < 4.78 is 68.5. The van der Waals surface area contributed by atoms with Crippen molar-refractivity contribution in [3.63, 3.8) is 0 Å². The molecule has 0 aliphatic carbocycles. The average molecular weight is 1430 g/mol. The Morgan fingerprint density at radius 2 is 0.602 bits per heavy atom. The van der Waals surface area contributed by atoms with Crippen molar-refractivity contribution in [2.45, 2.75) is 381 Å². The molecule has 0 radical (unpaired) electrons. The third-order valence-corrected chi connectivity index (χ3v) is 19.5. The summed E-state index contributed by atoms with van der Waals surface area (Å²) in [6.45, 7) is 9.46. The van der Waals surface area contributed by atoms with Gasteiger partial charge in [-0.1, -0.05) is 308 Å². The summed E-state index contributed by atoms with van der Waals surface area (Å²) >= 11 is 0. The molecule has 3 unspecified atom stereocenters. The first-order chi connectivity index (χ1) is 47.4. The van der Waals surface area contributed by atoms with E-state index in [9.17, 15) is 43.2 Å². The number of hydrogen-bond acceptors (Lipinski definition) is 15. The molecule has 0 aromatic rings. The minimum Gasteiger partial charge on any atom is -0.462 e. The van der Waals surface area contributed by atoms with E-state index in [2.05, 4.69) is 90.2 Å². The lowest BCUT2D eigenvalue weighted by atomic mass is 10.00. The SMILES string of the molecule is CCCCCC/C=C\C=C/CCCCCCCC(=O)OC[C@H](COP(=O)(O)OC[C@@H](O)COP(=O)(O)OC[C@@H](COC(=O)CCCCCCCCC(C)CC)OC(=O)CCCCCCC/C=C\C=C/CCCCCC)OC(=O)CCCCCCCCCCCCCCCCCC(C)C. The van der Waals surface area contributed by atoms with E-state index >= 15 is 0 Å². The highest BCUT2D eigenvalue weighted by Gasteiger charge is 2.30. The van der Waals surface area contributed by atoms with Gasteiger partial charge in [0.05, 0.1) is 26.4 Å². The minimum absolute atomic E-state index is 0.0818. The van der Waals surface area contributed by atoms with Crippen molar-refractivity contribution < 1.29 is 80.2 Å². The second-order valence-corrected chi connectivity index (χ2v) is 30.7. The third kappa shape index (κ3) is 70.1. The van der Waals surface area contributed by atoms with E-state index in [1.165, 1.54) is 141 Å². The van der Waals surface area contributed by atoms with Crippen LogP contribution in [-0.4, -0.2) is 96.7 Å². The van der Waals surface area contributed by atoms with Crippen molar-refractivity contribution in [3.8, 4) is 0 Å². The Hall–Kier alpha value is -2.98. The summed E-state index contributed by atoms with van der Waals surface area (Å²) in [6, 6.07) is 0. The van der Waals surface area contributed by atoms with Gasteiger partial charge in [-0.2, -0.15) is 0 Å². The van der Waals surface area contributed by atoms with Crippen molar-refractivity contribution >= 4 is 39.5 Å².